The number of benzene rings is 1. The van der Waals surface area contributed by atoms with Crippen LogP contribution in [0.3, 0.4) is 0 Å². The highest BCUT2D eigenvalue weighted by Crippen LogP contribution is 2.31. The predicted octanol–water partition coefficient (Wildman–Crippen LogP) is 4.20. The van der Waals surface area contributed by atoms with Crippen molar-refractivity contribution < 1.29 is 13.2 Å². The molecule has 0 aliphatic heterocycles. The van der Waals surface area contributed by atoms with Crippen LogP contribution in [0, 0.1) is 0 Å². The maximum atomic E-state index is 12.6. The lowest BCUT2D eigenvalue weighted by Crippen LogP contribution is -2.31. The van der Waals surface area contributed by atoms with E-state index in [4.69, 9.17) is 0 Å². The summed E-state index contributed by atoms with van der Waals surface area (Å²) in [6.45, 7) is 6.89. The van der Waals surface area contributed by atoms with Gasteiger partial charge in [0.15, 0.2) is 0 Å². The first kappa shape index (κ1) is 15.0. The Bertz CT molecular complexity index is 374. The van der Waals surface area contributed by atoms with Crippen molar-refractivity contribution in [1.82, 2.24) is 5.32 Å². The van der Waals surface area contributed by atoms with Crippen molar-refractivity contribution in [3.8, 4) is 0 Å². The molecular weight excluding hydrogens is 239 g/mol. The van der Waals surface area contributed by atoms with Gasteiger partial charge in [0.25, 0.3) is 0 Å². The molecule has 2 unspecified atom stereocenters. The highest BCUT2D eigenvalue weighted by Gasteiger charge is 2.30. The molecule has 0 bridgehead atoms. The second kappa shape index (κ2) is 6.23. The molecule has 0 radical (unpaired) electrons. The average Bonchev–Trinajstić information content (AvgIpc) is 2.34. The van der Waals surface area contributed by atoms with Gasteiger partial charge in [-0.2, -0.15) is 13.2 Å². The van der Waals surface area contributed by atoms with Crippen molar-refractivity contribution >= 4 is 0 Å². The normalized spacial score (nSPS) is 15.4. The number of rotatable bonds is 5. The minimum atomic E-state index is -4.27. The third kappa shape index (κ3) is 4.02. The second-order valence-electron chi connectivity index (χ2n) is 4.65. The summed E-state index contributed by atoms with van der Waals surface area (Å²) < 4.78 is 37.9. The lowest BCUT2D eigenvalue weighted by atomic mass is 9.93. The van der Waals surface area contributed by atoms with Gasteiger partial charge >= 0.3 is 6.18 Å². The second-order valence-corrected chi connectivity index (χ2v) is 4.65. The van der Waals surface area contributed by atoms with Gasteiger partial charge in [-0.05, 0) is 37.4 Å². The lowest BCUT2D eigenvalue weighted by Gasteiger charge is -2.22. The molecule has 2 atom stereocenters. The molecule has 0 saturated heterocycles. The van der Waals surface area contributed by atoms with Gasteiger partial charge in [0.05, 0.1) is 5.56 Å². The number of hydrogen-bond acceptors (Lipinski definition) is 1. The van der Waals surface area contributed by atoms with E-state index in [1.807, 2.05) is 13.8 Å². The fourth-order valence-electron chi connectivity index (χ4n) is 1.84. The van der Waals surface area contributed by atoms with E-state index < -0.39 is 11.7 Å². The standard InChI is InChI=1S/C14H20F3N/c1-4-8-18-11(3)10(2)12-6-5-7-13(9-12)14(15,16)17/h5-7,9-11,18H,4,8H2,1-3H3. The zero-order chi connectivity index (χ0) is 13.8. The molecular formula is C14H20F3N. The van der Waals surface area contributed by atoms with Crippen LogP contribution < -0.4 is 5.32 Å². The van der Waals surface area contributed by atoms with Gasteiger partial charge in [0, 0.05) is 6.04 Å². The van der Waals surface area contributed by atoms with Crippen LogP contribution in [-0.2, 0) is 6.18 Å². The smallest absolute Gasteiger partial charge is 0.314 e. The summed E-state index contributed by atoms with van der Waals surface area (Å²) in [7, 11) is 0. The molecule has 18 heavy (non-hydrogen) atoms. The van der Waals surface area contributed by atoms with Gasteiger partial charge in [-0.25, -0.2) is 0 Å². The Hall–Kier alpha value is -1.03. The SMILES string of the molecule is CCCNC(C)C(C)c1cccc(C(F)(F)F)c1. The van der Waals surface area contributed by atoms with Gasteiger partial charge in [0.2, 0.25) is 0 Å². The average molecular weight is 259 g/mol. The van der Waals surface area contributed by atoms with Crippen LogP contribution in [0.2, 0.25) is 0 Å². The van der Waals surface area contributed by atoms with E-state index in [-0.39, 0.29) is 12.0 Å². The quantitative estimate of drug-likeness (QED) is 0.835. The fourth-order valence-corrected chi connectivity index (χ4v) is 1.84. The van der Waals surface area contributed by atoms with Crippen LogP contribution in [0.1, 0.15) is 44.2 Å². The number of halogens is 3. The highest BCUT2D eigenvalue weighted by molar-refractivity contribution is 5.28. The van der Waals surface area contributed by atoms with E-state index >= 15 is 0 Å². The Kier molecular flexibility index (Phi) is 5.20. The summed E-state index contributed by atoms with van der Waals surface area (Å²) >= 11 is 0. The van der Waals surface area contributed by atoms with Crippen molar-refractivity contribution in [2.45, 2.75) is 45.3 Å². The van der Waals surface area contributed by atoms with Crippen LogP contribution in [0.5, 0.6) is 0 Å². The summed E-state index contributed by atoms with van der Waals surface area (Å²) in [5.41, 5.74) is 0.149. The molecule has 0 aromatic heterocycles. The fraction of sp³-hybridized carbons (Fsp3) is 0.571. The molecule has 1 N–H and O–H groups in total. The first-order chi connectivity index (χ1) is 8.36. The number of nitrogens with one attached hydrogen (secondary N) is 1. The van der Waals surface area contributed by atoms with Crippen LogP contribution >= 0.6 is 0 Å². The molecule has 102 valence electrons. The summed E-state index contributed by atoms with van der Waals surface area (Å²) in [6.07, 6.45) is -3.25. The summed E-state index contributed by atoms with van der Waals surface area (Å²) in [5, 5.41) is 3.31. The zero-order valence-electron chi connectivity index (χ0n) is 11.0. The van der Waals surface area contributed by atoms with Gasteiger partial charge in [-0.1, -0.05) is 32.0 Å². The molecule has 1 nitrogen and oxygen atoms in total. The molecule has 4 heteroatoms. The van der Waals surface area contributed by atoms with Gasteiger partial charge in [-0.15, -0.1) is 0 Å². The topological polar surface area (TPSA) is 12.0 Å². The van der Waals surface area contributed by atoms with Gasteiger partial charge in [-0.3, -0.25) is 0 Å². The third-order valence-electron chi connectivity index (χ3n) is 3.21. The molecule has 0 aliphatic rings. The van der Waals surface area contributed by atoms with Crippen molar-refractivity contribution in [2.24, 2.45) is 0 Å². The predicted molar refractivity (Wildman–Crippen MR) is 67.6 cm³/mol. The molecule has 1 aromatic carbocycles. The minimum Gasteiger partial charge on any atom is -0.314 e. The van der Waals surface area contributed by atoms with E-state index in [2.05, 4.69) is 12.2 Å². The maximum Gasteiger partial charge on any atom is 0.416 e. The number of hydrogen-bond donors (Lipinski definition) is 1. The Morgan fingerprint density at radius 1 is 1.22 bits per heavy atom. The first-order valence-corrected chi connectivity index (χ1v) is 6.26. The van der Waals surface area contributed by atoms with Crippen LogP contribution in [0.4, 0.5) is 13.2 Å². The molecule has 1 rings (SSSR count). The Morgan fingerprint density at radius 3 is 2.44 bits per heavy atom. The van der Waals surface area contributed by atoms with Gasteiger partial charge in [0.1, 0.15) is 0 Å². The van der Waals surface area contributed by atoms with Crippen LogP contribution in [0.15, 0.2) is 24.3 Å². The third-order valence-corrected chi connectivity index (χ3v) is 3.21. The molecule has 0 heterocycles. The van der Waals surface area contributed by atoms with E-state index in [1.54, 1.807) is 6.07 Å². The molecule has 0 spiro atoms. The zero-order valence-corrected chi connectivity index (χ0v) is 11.0. The molecule has 0 aliphatic carbocycles. The monoisotopic (exact) mass is 259 g/mol. The Balaban J connectivity index is 2.83. The minimum absolute atomic E-state index is 0.0545. The van der Waals surface area contributed by atoms with E-state index in [1.165, 1.54) is 12.1 Å². The maximum absolute atomic E-state index is 12.6. The summed E-state index contributed by atoms with van der Waals surface area (Å²) in [4.78, 5) is 0. The largest absolute Gasteiger partial charge is 0.416 e. The molecule has 0 fully saturated rings. The van der Waals surface area contributed by atoms with Crippen molar-refractivity contribution in [3.05, 3.63) is 35.4 Å². The van der Waals surface area contributed by atoms with Crippen molar-refractivity contribution in [2.75, 3.05) is 6.54 Å². The van der Waals surface area contributed by atoms with Crippen LogP contribution in [0.25, 0.3) is 0 Å². The first-order valence-electron chi connectivity index (χ1n) is 6.26. The van der Waals surface area contributed by atoms with Crippen molar-refractivity contribution in [3.63, 3.8) is 0 Å². The van der Waals surface area contributed by atoms with Crippen LogP contribution in [-0.4, -0.2) is 12.6 Å². The number of alkyl halides is 3. The lowest BCUT2D eigenvalue weighted by molar-refractivity contribution is -0.137. The Morgan fingerprint density at radius 2 is 1.89 bits per heavy atom. The van der Waals surface area contributed by atoms with Gasteiger partial charge < -0.3 is 5.32 Å². The highest BCUT2D eigenvalue weighted by atomic mass is 19.4. The molecule has 0 saturated carbocycles. The Labute approximate surface area is 106 Å². The van der Waals surface area contributed by atoms with Crippen molar-refractivity contribution in [1.29, 1.82) is 0 Å². The summed E-state index contributed by atoms with van der Waals surface area (Å²) in [5.74, 6) is 0.0545. The van der Waals surface area contributed by atoms with E-state index in [0.29, 0.717) is 0 Å². The molecule has 0 amide bonds. The van der Waals surface area contributed by atoms with E-state index in [9.17, 15) is 13.2 Å². The summed E-state index contributed by atoms with van der Waals surface area (Å²) in [6, 6.07) is 5.74. The van der Waals surface area contributed by atoms with E-state index in [0.717, 1.165) is 24.6 Å². The molecule has 1 aromatic rings.